The summed E-state index contributed by atoms with van der Waals surface area (Å²) < 4.78 is 15.3. The van der Waals surface area contributed by atoms with Gasteiger partial charge < -0.3 is 9.05 Å². The molecule has 8 rings (SSSR count). The summed E-state index contributed by atoms with van der Waals surface area (Å²) in [5.41, 5.74) is 22.8. The van der Waals surface area contributed by atoms with Crippen LogP contribution in [0.2, 0.25) is 0 Å². The number of hydrogen-bond donors (Lipinski definition) is 0. The predicted octanol–water partition coefficient (Wildman–Crippen LogP) is 24.0. The molecule has 83 heavy (non-hydrogen) atoms. The number of rotatable bonds is 10. The van der Waals surface area contributed by atoms with Crippen LogP contribution in [0.25, 0.3) is 66.8 Å². The third-order valence-corrected chi connectivity index (χ3v) is 17.1. The summed E-state index contributed by atoms with van der Waals surface area (Å²) in [6.07, 6.45) is 0. The first-order valence-corrected chi connectivity index (χ1v) is 31.3. The summed E-state index contributed by atoms with van der Waals surface area (Å²) in [6, 6.07) is 59.1. The van der Waals surface area contributed by atoms with Crippen molar-refractivity contribution in [3.05, 3.63) is 202 Å². The van der Waals surface area contributed by atoms with Gasteiger partial charge in [0.1, 0.15) is 11.5 Å². The van der Waals surface area contributed by atoms with Crippen LogP contribution in [-0.2, 0) is 43.3 Å². The minimum absolute atomic E-state index is 0.201. The predicted molar refractivity (Wildman–Crippen MR) is 365 cm³/mol. The highest BCUT2D eigenvalue weighted by Gasteiger charge is 2.38. The average Bonchev–Trinajstić information content (AvgIpc) is 1.02. The summed E-state index contributed by atoms with van der Waals surface area (Å²) in [5.74, 6) is 1.59. The average molecular weight is 1120 g/mol. The van der Waals surface area contributed by atoms with Gasteiger partial charge in [0.05, 0.1) is 0 Å². The summed E-state index contributed by atoms with van der Waals surface area (Å²) in [6.45, 7) is 56.6. The van der Waals surface area contributed by atoms with E-state index in [9.17, 15) is 0 Å². The first kappa shape index (κ1) is 62.8. The molecular formula is C80H99O2P. The zero-order valence-corrected chi connectivity index (χ0v) is 56.3. The first-order valence-electron chi connectivity index (χ1n) is 30.4. The van der Waals surface area contributed by atoms with E-state index in [-0.39, 0.29) is 43.3 Å². The van der Waals surface area contributed by atoms with Crippen LogP contribution in [0.4, 0.5) is 0 Å². The molecular weight excluding hydrogens is 1020 g/mol. The van der Waals surface area contributed by atoms with Crippen LogP contribution >= 0.6 is 9.03 Å². The Balaban J connectivity index is 1.55. The second kappa shape index (κ2) is 22.7. The van der Waals surface area contributed by atoms with Crippen molar-refractivity contribution in [3.63, 3.8) is 0 Å². The van der Waals surface area contributed by atoms with Gasteiger partial charge in [-0.05, 0) is 144 Å². The fourth-order valence-electron chi connectivity index (χ4n) is 12.5. The normalized spacial score (nSPS) is 13.1. The smallest absolute Gasteiger partial charge is 0.275 e. The Bertz CT molecular complexity index is 3260. The monoisotopic (exact) mass is 1120 g/mol. The van der Waals surface area contributed by atoms with Crippen LogP contribution in [0.1, 0.15) is 211 Å². The molecule has 0 amide bonds. The van der Waals surface area contributed by atoms with Gasteiger partial charge in [-0.3, -0.25) is 0 Å². The Morgan fingerprint density at radius 2 is 0.410 bits per heavy atom. The maximum absolute atomic E-state index is 7.64. The lowest BCUT2D eigenvalue weighted by Crippen LogP contribution is -2.21. The molecule has 2 nitrogen and oxygen atoms in total. The van der Waals surface area contributed by atoms with E-state index in [0.717, 1.165) is 33.8 Å². The zero-order chi connectivity index (χ0) is 61.2. The Kier molecular flexibility index (Phi) is 17.1. The van der Waals surface area contributed by atoms with Gasteiger partial charge in [0.25, 0.3) is 9.03 Å². The summed E-state index contributed by atoms with van der Waals surface area (Å²) in [5, 5.41) is 0. The van der Waals surface area contributed by atoms with Gasteiger partial charge in [0, 0.05) is 22.3 Å². The standard InChI is InChI=1S/C80H99O2P/c1-73(2,3)55-39-31-40-56(74(4,5)6)67(55)65-53(51-35-27-25-28-36-51)47-49-63(71(65)69-59(77(13,14)15)43-33-44-60(69)78(16,17)18)81-83-82-64-50-48-54(52-37-29-26-30-38-52)66(68-57(75(7,8)9)41-32-42-58(68)76(10,11)12)72(64)70-61(79(19,20)21)45-34-46-62(70)80(22,23)24/h25-50,83H,1-24H3. The van der Waals surface area contributed by atoms with Gasteiger partial charge in [-0.2, -0.15) is 0 Å². The number of hydrogen-bond acceptors (Lipinski definition) is 2. The highest BCUT2D eigenvalue weighted by atomic mass is 31.1. The van der Waals surface area contributed by atoms with Crippen molar-refractivity contribution >= 4 is 9.03 Å². The van der Waals surface area contributed by atoms with Crippen molar-refractivity contribution in [1.82, 2.24) is 0 Å². The van der Waals surface area contributed by atoms with Crippen LogP contribution in [-0.4, -0.2) is 0 Å². The molecule has 0 aromatic heterocycles. The molecule has 0 spiro atoms. The Labute approximate surface area is 505 Å². The third-order valence-electron chi connectivity index (χ3n) is 16.5. The first-order chi connectivity index (χ1) is 38.3. The summed E-state index contributed by atoms with van der Waals surface area (Å²) >= 11 is 0. The fourth-order valence-corrected chi connectivity index (χ4v) is 13.0. The molecule has 0 fully saturated rings. The molecule has 0 heterocycles. The summed E-state index contributed by atoms with van der Waals surface area (Å²) in [4.78, 5) is 0. The maximum atomic E-state index is 7.64. The van der Waals surface area contributed by atoms with Crippen molar-refractivity contribution in [2.45, 2.75) is 209 Å². The molecule has 0 aliphatic heterocycles. The third kappa shape index (κ3) is 13.1. The van der Waals surface area contributed by atoms with Crippen LogP contribution in [0, 0.1) is 0 Å². The van der Waals surface area contributed by atoms with Gasteiger partial charge in [-0.1, -0.05) is 312 Å². The van der Waals surface area contributed by atoms with Crippen LogP contribution < -0.4 is 9.05 Å². The van der Waals surface area contributed by atoms with Gasteiger partial charge in [0.15, 0.2) is 0 Å². The van der Waals surface area contributed by atoms with E-state index in [1.165, 1.54) is 89.0 Å². The molecule has 0 radical (unpaired) electrons. The molecule has 0 bridgehead atoms. The van der Waals surface area contributed by atoms with Gasteiger partial charge in [0.2, 0.25) is 0 Å². The van der Waals surface area contributed by atoms with E-state index in [4.69, 9.17) is 9.05 Å². The van der Waals surface area contributed by atoms with Crippen LogP contribution in [0.5, 0.6) is 11.5 Å². The lowest BCUT2D eigenvalue weighted by atomic mass is 9.69. The minimum atomic E-state index is -0.417. The minimum Gasteiger partial charge on any atom is -0.440 e. The lowest BCUT2D eigenvalue weighted by Gasteiger charge is -2.36. The van der Waals surface area contributed by atoms with E-state index in [1.807, 2.05) is 0 Å². The molecule has 3 heteroatoms. The second-order valence-electron chi connectivity index (χ2n) is 31.7. The van der Waals surface area contributed by atoms with Crippen molar-refractivity contribution in [3.8, 4) is 78.3 Å². The molecule has 0 N–H and O–H groups in total. The van der Waals surface area contributed by atoms with Gasteiger partial charge in [-0.15, -0.1) is 0 Å². The molecule has 8 aromatic rings. The molecule has 0 saturated heterocycles. The molecule has 8 aromatic carbocycles. The van der Waals surface area contributed by atoms with E-state index < -0.39 is 9.03 Å². The van der Waals surface area contributed by atoms with Crippen LogP contribution in [0.15, 0.2) is 158 Å². The van der Waals surface area contributed by atoms with E-state index in [0.29, 0.717) is 0 Å². The van der Waals surface area contributed by atoms with Crippen LogP contribution in [0.3, 0.4) is 0 Å². The quantitative estimate of drug-likeness (QED) is 0.127. The zero-order valence-electron chi connectivity index (χ0n) is 55.3. The highest BCUT2D eigenvalue weighted by molar-refractivity contribution is 7.27. The molecule has 436 valence electrons. The fraction of sp³-hybridized carbons (Fsp3) is 0.400. The topological polar surface area (TPSA) is 18.5 Å². The molecule has 0 unspecified atom stereocenters. The molecule has 0 saturated carbocycles. The van der Waals surface area contributed by atoms with Crippen molar-refractivity contribution in [1.29, 1.82) is 0 Å². The van der Waals surface area contributed by atoms with Crippen molar-refractivity contribution < 1.29 is 9.05 Å². The van der Waals surface area contributed by atoms with Gasteiger partial charge >= 0.3 is 0 Å². The Morgan fingerprint density at radius 1 is 0.205 bits per heavy atom. The summed E-state index contributed by atoms with van der Waals surface area (Å²) in [7, 11) is -0.417. The molecule has 0 aliphatic rings. The second-order valence-corrected chi connectivity index (χ2v) is 32.2. The Hall–Kier alpha value is -6.21. The van der Waals surface area contributed by atoms with Crippen molar-refractivity contribution in [2.24, 2.45) is 0 Å². The molecule has 0 atom stereocenters. The largest absolute Gasteiger partial charge is 0.440 e. The van der Waals surface area contributed by atoms with E-state index in [1.54, 1.807) is 0 Å². The molecule has 0 aliphatic carbocycles. The van der Waals surface area contributed by atoms with E-state index >= 15 is 0 Å². The van der Waals surface area contributed by atoms with Crippen molar-refractivity contribution in [2.75, 3.05) is 0 Å². The maximum Gasteiger partial charge on any atom is 0.275 e. The lowest BCUT2D eigenvalue weighted by molar-refractivity contribution is 0.516. The number of benzene rings is 8. The Morgan fingerprint density at radius 3 is 0.614 bits per heavy atom. The van der Waals surface area contributed by atoms with E-state index in [2.05, 4.69) is 324 Å². The highest BCUT2D eigenvalue weighted by Crippen LogP contribution is 2.58. The van der Waals surface area contributed by atoms with Gasteiger partial charge in [-0.25, -0.2) is 0 Å². The SMILES string of the molecule is CC(C)(C)c1cccc(C(C)(C)C)c1-c1c(OPOc2ccc(-c3ccccc3)c(-c3c(C(C)(C)C)cccc3C(C)(C)C)c2-c2c(C(C)(C)C)cccc2C(C)(C)C)ccc(-c2ccccc2)c1-c1c(C(C)(C)C)cccc1C(C)(C)C.